The summed E-state index contributed by atoms with van der Waals surface area (Å²) in [7, 11) is 0. The number of aryl methyl sites for hydroxylation is 1. The highest BCUT2D eigenvalue weighted by atomic mass is 19.1. The first kappa shape index (κ1) is 10.3. The van der Waals surface area contributed by atoms with Gasteiger partial charge in [0.1, 0.15) is 11.6 Å². The molecule has 1 unspecified atom stereocenters. The van der Waals surface area contributed by atoms with Gasteiger partial charge in [0.2, 0.25) is 0 Å². The van der Waals surface area contributed by atoms with Crippen LogP contribution in [0, 0.1) is 12.7 Å². The maximum Gasteiger partial charge on any atom is 0.138 e. The van der Waals surface area contributed by atoms with E-state index in [4.69, 9.17) is 4.74 Å². The second-order valence-corrected chi connectivity index (χ2v) is 3.88. The lowest BCUT2D eigenvalue weighted by Gasteiger charge is -2.22. The molecule has 1 fully saturated rings. The van der Waals surface area contributed by atoms with Crippen molar-refractivity contribution in [2.75, 3.05) is 6.61 Å². The minimum absolute atomic E-state index is 0.146. The Morgan fingerprint density at radius 1 is 1.47 bits per heavy atom. The third-order valence-electron chi connectivity index (χ3n) is 2.61. The predicted octanol–water partition coefficient (Wildman–Crippen LogP) is 2.55. The molecule has 2 rings (SSSR count). The Balaban J connectivity index is 2.27. The van der Waals surface area contributed by atoms with Crippen molar-refractivity contribution < 1.29 is 13.9 Å². The lowest BCUT2D eigenvalue weighted by atomic mass is 9.98. The highest BCUT2D eigenvalue weighted by molar-refractivity contribution is 5.79. The molecular formula is C12H13FO2. The molecule has 0 saturated carbocycles. The van der Waals surface area contributed by atoms with Crippen molar-refractivity contribution in [1.82, 2.24) is 0 Å². The molecule has 0 radical (unpaired) electrons. The molecule has 1 atom stereocenters. The molecule has 0 aromatic heterocycles. The molecule has 0 spiro atoms. The quantitative estimate of drug-likeness (QED) is 0.709. The van der Waals surface area contributed by atoms with E-state index in [1.165, 1.54) is 6.07 Å². The second kappa shape index (κ2) is 4.11. The molecule has 1 saturated heterocycles. The monoisotopic (exact) mass is 208 g/mol. The van der Waals surface area contributed by atoms with Crippen molar-refractivity contribution in [1.29, 1.82) is 0 Å². The van der Waals surface area contributed by atoms with Crippen molar-refractivity contribution in [2.45, 2.75) is 25.9 Å². The number of hydrogen-bond donors (Lipinski definition) is 0. The van der Waals surface area contributed by atoms with E-state index in [9.17, 15) is 9.18 Å². The van der Waals surface area contributed by atoms with Crippen LogP contribution in [0.2, 0.25) is 0 Å². The van der Waals surface area contributed by atoms with Crippen LogP contribution in [0.15, 0.2) is 18.2 Å². The number of benzene rings is 1. The smallest absolute Gasteiger partial charge is 0.138 e. The van der Waals surface area contributed by atoms with E-state index in [2.05, 4.69) is 0 Å². The molecule has 1 aromatic rings. The highest BCUT2D eigenvalue weighted by Crippen LogP contribution is 2.28. The second-order valence-electron chi connectivity index (χ2n) is 3.88. The van der Waals surface area contributed by atoms with Gasteiger partial charge in [0, 0.05) is 18.4 Å². The first-order valence-corrected chi connectivity index (χ1v) is 5.06. The van der Waals surface area contributed by atoms with E-state index in [-0.39, 0.29) is 11.6 Å². The molecule has 15 heavy (non-hydrogen) atoms. The van der Waals surface area contributed by atoms with Crippen LogP contribution in [0.1, 0.15) is 30.1 Å². The summed E-state index contributed by atoms with van der Waals surface area (Å²) in [5.41, 5.74) is 1.48. The topological polar surface area (TPSA) is 26.3 Å². The van der Waals surface area contributed by atoms with Gasteiger partial charge in [0.05, 0.1) is 12.7 Å². The van der Waals surface area contributed by atoms with Crippen molar-refractivity contribution in [3.63, 3.8) is 0 Å². The van der Waals surface area contributed by atoms with Gasteiger partial charge in [-0.25, -0.2) is 4.39 Å². The SMILES string of the molecule is Cc1ccc(F)c(C2CC(=O)CCO2)c1. The third-order valence-corrected chi connectivity index (χ3v) is 2.61. The largest absolute Gasteiger partial charge is 0.372 e. The van der Waals surface area contributed by atoms with Crippen LogP contribution in [0.4, 0.5) is 4.39 Å². The van der Waals surface area contributed by atoms with Gasteiger partial charge < -0.3 is 4.74 Å². The Morgan fingerprint density at radius 3 is 3.00 bits per heavy atom. The molecule has 1 aliphatic heterocycles. The van der Waals surface area contributed by atoms with E-state index in [0.717, 1.165) is 5.56 Å². The van der Waals surface area contributed by atoms with Crippen LogP contribution >= 0.6 is 0 Å². The fourth-order valence-corrected chi connectivity index (χ4v) is 1.79. The number of ketones is 1. The Labute approximate surface area is 88.1 Å². The van der Waals surface area contributed by atoms with Crippen LogP contribution < -0.4 is 0 Å². The minimum Gasteiger partial charge on any atom is -0.372 e. The molecule has 1 aliphatic rings. The zero-order chi connectivity index (χ0) is 10.8. The summed E-state index contributed by atoms with van der Waals surface area (Å²) in [4.78, 5) is 11.2. The van der Waals surface area contributed by atoms with Crippen molar-refractivity contribution in [2.24, 2.45) is 0 Å². The summed E-state index contributed by atoms with van der Waals surface area (Å²) in [6.07, 6.45) is 0.343. The maximum atomic E-state index is 13.5. The number of carbonyl (C=O) groups is 1. The lowest BCUT2D eigenvalue weighted by Crippen LogP contribution is -2.20. The van der Waals surface area contributed by atoms with Gasteiger partial charge in [-0.1, -0.05) is 17.7 Å². The average Bonchev–Trinajstić information content (AvgIpc) is 2.22. The van der Waals surface area contributed by atoms with Gasteiger partial charge in [-0.15, -0.1) is 0 Å². The van der Waals surface area contributed by atoms with Gasteiger partial charge in [-0.2, -0.15) is 0 Å². The van der Waals surface area contributed by atoms with Crippen molar-refractivity contribution in [3.8, 4) is 0 Å². The summed E-state index contributed by atoms with van der Waals surface area (Å²) < 4.78 is 18.9. The minimum atomic E-state index is -0.397. The summed E-state index contributed by atoms with van der Waals surface area (Å²) >= 11 is 0. The summed E-state index contributed by atoms with van der Waals surface area (Å²) in [5.74, 6) is -0.146. The number of rotatable bonds is 1. The Kier molecular flexibility index (Phi) is 2.82. The summed E-state index contributed by atoms with van der Waals surface area (Å²) in [6.45, 7) is 2.30. The Hall–Kier alpha value is -1.22. The number of halogens is 1. The normalized spacial score (nSPS) is 21.7. The third kappa shape index (κ3) is 2.23. The molecular weight excluding hydrogens is 195 g/mol. The molecule has 3 heteroatoms. The van der Waals surface area contributed by atoms with Crippen LogP contribution in [-0.2, 0) is 9.53 Å². The molecule has 2 nitrogen and oxygen atoms in total. The molecule has 0 aliphatic carbocycles. The van der Waals surface area contributed by atoms with Gasteiger partial charge >= 0.3 is 0 Å². The first-order valence-electron chi connectivity index (χ1n) is 5.06. The van der Waals surface area contributed by atoms with E-state index in [1.54, 1.807) is 12.1 Å². The first-order chi connectivity index (χ1) is 7.16. The van der Waals surface area contributed by atoms with Gasteiger partial charge in [-0.3, -0.25) is 4.79 Å². The van der Waals surface area contributed by atoms with Crippen molar-refractivity contribution >= 4 is 5.78 Å². The summed E-state index contributed by atoms with van der Waals surface area (Å²) in [5, 5.41) is 0. The number of Topliss-reactive ketones (excluding diaryl/α,β-unsaturated/α-hetero) is 1. The molecule has 0 amide bonds. The van der Waals surface area contributed by atoms with Gasteiger partial charge in [0.15, 0.2) is 0 Å². The predicted molar refractivity (Wildman–Crippen MR) is 54.1 cm³/mol. The lowest BCUT2D eigenvalue weighted by molar-refractivity contribution is -0.128. The Bertz CT molecular complexity index is 387. The fraction of sp³-hybridized carbons (Fsp3) is 0.417. The van der Waals surface area contributed by atoms with Crippen LogP contribution in [0.5, 0.6) is 0 Å². The van der Waals surface area contributed by atoms with Crippen LogP contribution in [0.25, 0.3) is 0 Å². The standard InChI is InChI=1S/C12H13FO2/c1-8-2-3-11(13)10(6-8)12-7-9(14)4-5-15-12/h2-3,6,12H,4-5,7H2,1H3. The highest BCUT2D eigenvalue weighted by Gasteiger charge is 2.24. The Morgan fingerprint density at radius 2 is 2.27 bits per heavy atom. The average molecular weight is 208 g/mol. The molecule has 1 heterocycles. The number of ether oxygens (including phenoxy) is 1. The zero-order valence-corrected chi connectivity index (χ0v) is 8.63. The zero-order valence-electron chi connectivity index (χ0n) is 8.63. The van der Waals surface area contributed by atoms with E-state index < -0.39 is 6.10 Å². The van der Waals surface area contributed by atoms with Crippen LogP contribution in [0.3, 0.4) is 0 Å². The van der Waals surface area contributed by atoms with Crippen molar-refractivity contribution in [3.05, 3.63) is 35.1 Å². The van der Waals surface area contributed by atoms with E-state index >= 15 is 0 Å². The number of hydrogen-bond acceptors (Lipinski definition) is 2. The molecule has 0 bridgehead atoms. The molecule has 80 valence electrons. The fourth-order valence-electron chi connectivity index (χ4n) is 1.79. The van der Waals surface area contributed by atoms with Gasteiger partial charge in [0.25, 0.3) is 0 Å². The van der Waals surface area contributed by atoms with Crippen LogP contribution in [-0.4, -0.2) is 12.4 Å². The maximum absolute atomic E-state index is 13.5. The van der Waals surface area contributed by atoms with E-state index in [0.29, 0.717) is 25.0 Å². The molecule has 1 aromatic carbocycles. The molecule has 0 N–H and O–H groups in total. The van der Waals surface area contributed by atoms with Gasteiger partial charge in [-0.05, 0) is 13.0 Å². The number of carbonyl (C=O) groups excluding carboxylic acids is 1. The van der Waals surface area contributed by atoms with E-state index in [1.807, 2.05) is 6.92 Å². The summed E-state index contributed by atoms with van der Waals surface area (Å²) in [6, 6.07) is 4.88.